The Bertz CT molecular complexity index is 673. The van der Waals surface area contributed by atoms with E-state index in [1.54, 1.807) is 0 Å². The van der Waals surface area contributed by atoms with Crippen LogP contribution in [0.2, 0.25) is 0 Å². The summed E-state index contributed by atoms with van der Waals surface area (Å²) in [6.07, 6.45) is 1.47. The van der Waals surface area contributed by atoms with Crippen LogP contribution in [0.5, 0.6) is 5.75 Å². The first kappa shape index (κ1) is 13.9. The number of ketones is 1. The van der Waals surface area contributed by atoms with Gasteiger partial charge in [0.05, 0.1) is 6.61 Å². The van der Waals surface area contributed by atoms with Crippen molar-refractivity contribution in [3.05, 3.63) is 64.7 Å². The molecule has 0 amide bonds. The molecule has 1 aliphatic rings. The summed E-state index contributed by atoms with van der Waals surface area (Å²) in [5.41, 5.74) is 4.39. The second kappa shape index (κ2) is 5.72. The molecular weight excluding hydrogens is 260 g/mol. The molecule has 108 valence electrons. The summed E-state index contributed by atoms with van der Waals surface area (Å²) in [5, 5.41) is 0. The van der Waals surface area contributed by atoms with Crippen LogP contribution in [0.15, 0.2) is 42.5 Å². The van der Waals surface area contributed by atoms with Crippen molar-refractivity contribution in [2.75, 3.05) is 6.61 Å². The zero-order valence-electron chi connectivity index (χ0n) is 12.6. The van der Waals surface area contributed by atoms with Gasteiger partial charge in [0.2, 0.25) is 0 Å². The number of para-hydroxylation sites is 1. The highest BCUT2D eigenvalue weighted by Crippen LogP contribution is 2.36. The second-order valence-electron chi connectivity index (χ2n) is 5.80. The summed E-state index contributed by atoms with van der Waals surface area (Å²) >= 11 is 0. The molecule has 0 saturated carbocycles. The summed E-state index contributed by atoms with van der Waals surface area (Å²) in [6, 6.07) is 14.0. The molecule has 1 atom stereocenters. The molecule has 1 aliphatic heterocycles. The van der Waals surface area contributed by atoms with Gasteiger partial charge in [-0.15, -0.1) is 0 Å². The minimum Gasteiger partial charge on any atom is -0.493 e. The minimum absolute atomic E-state index is 0.222. The number of hydrogen-bond acceptors (Lipinski definition) is 2. The lowest BCUT2D eigenvalue weighted by Gasteiger charge is -2.25. The molecule has 1 unspecified atom stereocenters. The Balaban J connectivity index is 1.81. The molecule has 0 fully saturated rings. The molecule has 0 saturated heterocycles. The lowest BCUT2D eigenvalue weighted by molar-refractivity contribution is 0.0966. The monoisotopic (exact) mass is 280 g/mol. The third kappa shape index (κ3) is 2.85. The van der Waals surface area contributed by atoms with Gasteiger partial charge in [0.15, 0.2) is 5.78 Å². The molecule has 21 heavy (non-hydrogen) atoms. The fraction of sp³-hybridized carbons (Fsp3) is 0.316. The van der Waals surface area contributed by atoms with Gasteiger partial charge in [-0.3, -0.25) is 4.79 Å². The van der Waals surface area contributed by atoms with E-state index in [1.165, 1.54) is 16.7 Å². The molecule has 2 aromatic rings. The standard InChI is InChI=1S/C19H20O2/c1-13-7-8-16(11-14(13)2)18(20)12-15-9-10-21-19-6-4-3-5-17(15)19/h3-8,11,15H,9-10,12H2,1-2H3. The van der Waals surface area contributed by atoms with E-state index in [2.05, 4.69) is 19.9 Å². The van der Waals surface area contributed by atoms with E-state index >= 15 is 0 Å². The van der Waals surface area contributed by atoms with E-state index in [0.717, 1.165) is 17.7 Å². The lowest BCUT2D eigenvalue weighted by Crippen LogP contribution is -2.17. The molecule has 0 radical (unpaired) electrons. The number of Topliss-reactive ketones (excluding diaryl/α,β-unsaturated/α-hetero) is 1. The van der Waals surface area contributed by atoms with Gasteiger partial charge in [0.1, 0.15) is 5.75 Å². The predicted molar refractivity (Wildman–Crippen MR) is 84.2 cm³/mol. The predicted octanol–water partition coefficient (Wildman–Crippen LogP) is 4.44. The maximum absolute atomic E-state index is 12.5. The summed E-state index contributed by atoms with van der Waals surface area (Å²) in [6.45, 7) is 4.82. The number of hydrogen-bond donors (Lipinski definition) is 0. The molecule has 2 nitrogen and oxygen atoms in total. The van der Waals surface area contributed by atoms with Gasteiger partial charge < -0.3 is 4.74 Å². The Morgan fingerprint density at radius 1 is 1.14 bits per heavy atom. The van der Waals surface area contributed by atoms with Crippen LogP contribution in [0.4, 0.5) is 0 Å². The molecule has 2 heteroatoms. The maximum atomic E-state index is 12.5. The Morgan fingerprint density at radius 3 is 2.76 bits per heavy atom. The van der Waals surface area contributed by atoms with Crippen molar-refractivity contribution in [2.24, 2.45) is 0 Å². The second-order valence-corrected chi connectivity index (χ2v) is 5.80. The Morgan fingerprint density at radius 2 is 1.95 bits per heavy atom. The first-order chi connectivity index (χ1) is 10.1. The van der Waals surface area contributed by atoms with E-state index in [0.29, 0.717) is 13.0 Å². The number of rotatable bonds is 3. The highest BCUT2D eigenvalue weighted by Gasteiger charge is 2.24. The topological polar surface area (TPSA) is 26.3 Å². The summed E-state index contributed by atoms with van der Waals surface area (Å²) in [7, 11) is 0. The van der Waals surface area contributed by atoms with Gasteiger partial charge in [-0.2, -0.15) is 0 Å². The Hall–Kier alpha value is -2.09. The number of ether oxygens (including phenoxy) is 1. The highest BCUT2D eigenvalue weighted by atomic mass is 16.5. The average molecular weight is 280 g/mol. The smallest absolute Gasteiger partial charge is 0.163 e. The number of carbonyl (C=O) groups excluding carboxylic acids is 1. The maximum Gasteiger partial charge on any atom is 0.163 e. The van der Waals surface area contributed by atoms with Gasteiger partial charge in [0, 0.05) is 12.0 Å². The fourth-order valence-electron chi connectivity index (χ4n) is 2.88. The molecular formula is C19H20O2. The molecule has 0 bridgehead atoms. The zero-order valence-corrected chi connectivity index (χ0v) is 12.6. The quantitative estimate of drug-likeness (QED) is 0.777. The third-order valence-electron chi connectivity index (χ3n) is 4.34. The van der Waals surface area contributed by atoms with Crippen LogP contribution < -0.4 is 4.74 Å². The van der Waals surface area contributed by atoms with E-state index in [4.69, 9.17) is 4.74 Å². The van der Waals surface area contributed by atoms with Crippen LogP contribution in [0, 0.1) is 13.8 Å². The van der Waals surface area contributed by atoms with Crippen molar-refractivity contribution in [2.45, 2.75) is 32.6 Å². The third-order valence-corrected chi connectivity index (χ3v) is 4.34. The molecule has 1 heterocycles. The van der Waals surface area contributed by atoms with Crippen LogP contribution in [0.25, 0.3) is 0 Å². The molecule has 3 rings (SSSR count). The molecule has 0 aliphatic carbocycles. The van der Waals surface area contributed by atoms with Gasteiger partial charge in [-0.05, 0) is 55.0 Å². The van der Waals surface area contributed by atoms with E-state index in [1.807, 2.05) is 36.4 Å². The van der Waals surface area contributed by atoms with Crippen LogP contribution in [0.3, 0.4) is 0 Å². The van der Waals surface area contributed by atoms with Crippen LogP contribution in [-0.4, -0.2) is 12.4 Å². The molecule has 2 aromatic carbocycles. The normalized spacial score (nSPS) is 17.0. The van der Waals surface area contributed by atoms with E-state index in [9.17, 15) is 4.79 Å². The molecule has 0 spiro atoms. The number of benzene rings is 2. The van der Waals surface area contributed by atoms with Crippen LogP contribution >= 0.6 is 0 Å². The van der Waals surface area contributed by atoms with Crippen molar-refractivity contribution in [1.82, 2.24) is 0 Å². The van der Waals surface area contributed by atoms with Crippen LogP contribution in [0.1, 0.15) is 45.8 Å². The van der Waals surface area contributed by atoms with Crippen molar-refractivity contribution < 1.29 is 9.53 Å². The Kier molecular flexibility index (Phi) is 3.78. The van der Waals surface area contributed by atoms with Crippen LogP contribution in [-0.2, 0) is 0 Å². The van der Waals surface area contributed by atoms with Crippen molar-refractivity contribution in [3.8, 4) is 5.75 Å². The van der Waals surface area contributed by atoms with Crippen molar-refractivity contribution >= 4 is 5.78 Å². The van der Waals surface area contributed by atoms with E-state index < -0.39 is 0 Å². The van der Waals surface area contributed by atoms with Gasteiger partial charge in [-0.1, -0.05) is 30.3 Å². The summed E-state index contributed by atoms with van der Waals surface area (Å²) in [5.74, 6) is 1.42. The number of aryl methyl sites for hydroxylation is 2. The van der Waals surface area contributed by atoms with E-state index in [-0.39, 0.29) is 11.7 Å². The fourth-order valence-corrected chi connectivity index (χ4v) is 2.88. The largest absolute Gasteiger partial charge is 0.493 e. The number of carbonyl (C=O) groups is 1. The molecule has 0 N–H and O–H groups in total. The lowest BCUT2D eigenvalue weighted by atomic mass is 9.87. The summed E-state index contributed by atoms with van der Waals surface area (Å²) in [4.78, 5) is 12.5. The zero-order chi connectivity index (χ0) is 14.8. The van der Waals surface area contributed by atoms with Crippen molar-refractivity contribution in [1.29, 1.82) is 0 Å². The first-order valence-electron chi connectivity index (χ1n) is 7.47. The van der Waals surface area contributed by atoms with Gasteiger partial charge in [0.25, 0.3) is 0 Å². The van der Waals surface area contributed by atoms with Gasteiger partial charge >= 0.3 is 0 Å². The average Bonchev–Trinajstić information content (AvgIpc) is 2.50. The highest BCUT2D eigenvalue weighted by molar-refractivity contribution is 5.96. The first-order valence-corrected chi connectivity index (χ1v) is 7.47. The summed E-state index contributed by atoms with van der Waals surface area (Å²) < 4.78 is 5.66. The number of fused-ring (bicyclic) bond motifs is 1. The van der Waals surface area contributed by atoms with Crippen molar-refractivity contribution in [3.63, 3.8) is 0 Å². The SMILES string of the molecule is Cc1ccc(C(=O)CC2CCOc3ccccc32)cc1C. The van der Waals surface area contributed by atoms with Gasteiger partial charge in [-0.25, -0.2) is 0 Å². The minimum atomic E-state index is 0.222. The Labute approximate surface area is 125 Å². The molecule has 0 aromatic heterocycles.